The summed E-state index contributed by atoms with van der Waals surface area (Å²) >= 11 is 1.66. The number of nitrogens with one attached hydrogen (secondary N) is 1. The third-order valence-electron chi connectivity index (χ3n) is 1.54. The van der Waals surface area contributed by atoms with Crippen LogP contribution in [-0.2, 0) is 9.59 Å². The van der Waals surface area contributed by atoms with Crippen molar-refractivity contribution in [3.8, 4) is 0 Å². The molecule has 0 aromatic carbocycles. The Bertz CT molecular complexity index is 160. The molecular formula is C6H9NO2S. The van der Waals surface area contributed by atoms with Gasteiger partial charge in [0.2, 0.25) is 5.78 Å². The Morgan fingerprint density at radius 2 is 2.50 bits per heavy atom. The zero-order chi connectivity index (χ0) is 7.56. The van der Waals surface area contributed by atoms with Crippen LogP contribution < -0.4 is 5.32 Å². The highest BCUT2D eigenvalue weighted by Crippen LogP contribution is 2.19. The maximum Gasteiger partial charge on any atom is 0.213 e. The summed E-state index contributed by atoms with van der Waals surface area (Å²) in [5.41, 5.74) is 0. The third kappa shape index (κ3) is 1.38. The van der Waals surface area contributed by atoms with Crippen molar-refractivity contribution in [2.24, 2.45) is 0 Å². The van der Waals surface area contributed by atoms with Crippen molar-refractivity contribution < 1.29 is 9.59 Å². The number of thioether (sulfide) groups is 1. The van der Waals surface area contributed by atoms with Crippen LogP contribution >= 0.6 is 11.8 Å². The molecule has 1 heterocycles. The van der Waals surface area contributed by atoms with E-state index in [0.29, 0.717) is 6.29 Å². The van der Waals surface area contributed by atoms with E-state index in [2.05, 4.69) is 5.32 Å². The number of rotatable bonds is 2. The van der Waals surface area contributed by atoms with E-state index in [4.69, 9.17) is 0 Å². The number of carbonyl (C=O) groups is 2. The fourth-order valence-corrected chi connectivity index (χ4v) is 1.90. The monoisotopic (exact) mass is 159 g/mol. The largest absolute Gasteiger partial charge is 0.297 e. The first-order valence-electron chi connectivity index (χ1n) is 3.09. The molecule has 0 aromatic rings. The van der Waals surface area contributed by atoms with Crippen molar-refractivity contribution in [3.05, 3.63) is 0 Å². The summed E-state index contributed by atoms with van der Waals surface area (Å²) in [6.07, 6.45) is 0.389. The summed E-state index contributed by atoms with van der Waals surface area (Å²) in [5.74, 6) is 0.434. The molecule has 2 unspecified atom stereocenters. The van der Waals surface area contributed by atoms with Crippen LogP contribution in [0.5, 0.6) is 0 Å². The molecule has 0 aliphatic carbocycles. The van der Waals surface area contributed by atoms with Crippen LogP contribution in [0.15, 0.2) is 0 Å². The Labute approximate surface area is 63.6 Å². The molecule has 1 aliphatic rings. The van der Waals surface area contributed by atoms with E-state index in [1.165, 1.54) is 0 Å². The lowest BCUT2D eigenvalue weighted by Crippen LogP contribution is -2.37. The van der Waals surface area contributed by atoms with E-state index < -0.39 is 0 Å². The van der Waals surface area contributed by atoms with Crippen molar-refractivity contribution >= 4 is 23.8 Å². The van der Waals surface area contributed by atoms with Crippen LogP contribution in [0.3, 0.4) is 0 Å². The smallest absolute Gasteiger partial charge is 0.213 e. The molecule has 1 rings (SSSR count). The number of carbonyl (C=O) groups excluding carboxylic acids is 2. The molecule has 3 nitrogen and oxygen atoms in total. The number of Topliss-reactive ketones (excluding diaryl/α,β-unsaturated/α-hetero) is 1. The highest BCUT2D eigenvalue weighted by atomic mass is 32.2. The minimum atomic E-state index is -0.336. The fourth-order valence-electron chi connectivity index (χ4n) is 0.937. The van der Waals surface area contributed by atoms with E-state index in [9.17, 15) is 9.59 Å². The maximum absolute atomic E-state index is 10.8. The second-order valence-electron chi connectivity index (χ2n) is 2.22. The third-order valence-corrected chi connectivity index (χ3v) is 2.67. The van der Waals surface area contributed by atoms with Gasteiger partial charge in [0.1, 0.15) is 0 Å². The summed E-state index contributed by atoms with van der Waals surface area (Å²) < 4.78 is 0. The van der Waals surface area contributed by atoms with Crippen LogP contribution in [0.25, 0.3) is 0 Å². The molecule has 10 heavy (non-hydrogen) atoms. The molecule has 1 fully saturated rings. The highest BCUT2D eigenvalue weighted by molar-refractivity contribution is 8.00. The molecule has 0 aromatic heterocycles. The van der Waals surface area contributed by atoms with Crippen molar-refractivity contribution in [2.75, 3.05) is 5.88 Å². The summed E-state index contributed by atoms with van der Waals surface area (Å²) in [6.45, 7) is 1.94. The molecule has 1 N–H and O–H groups in total. The van der Waals surface area contributed by atoms with Crippen LogP contribution in [0.2, 0.25) is 0 Å². The van der Waals surface area contributed by atoms with Crippen LogP contribution in [0.4, 0.5) is 0 Å². The van der Waals surface area contributed by atoms with Crippen molar-refractivity contribution in [2.45, 2.75) is 18.2 Å². The molecule has 2 atom stereocenters. The zero-order valence-electron chi connectivity index (χ0n) is 5.66. The van der Waals surface area contributed by atoms with Gasteiger partial charge in [-0.05, 0) is 0 Å². The number of hydrogen-bond acceptors (Lipinski definition) is 4. The van der Waals surface area contributed by atoms with Gasteiger partial charge in [0, 0.05) is 11.1 Å². The van der Waals surface area contributed by atoms with Gasteiger partial charge >= 0.3 is 0 Å². The van der Waals surface area contributed by atoms with Gasteiger partial charge in [0.25, 0.3) is 0 Å². The summed E-state index contributed by atoms with van der Waals surface area (Å²) in [7, 11) is 0. The first kappa shape index (κ1) is 7.75. The molecule has 1 aliphatic heterocycles. The summed E-state index contributed by atoms with van der Waals surface area (Å²) in [4.78, 5) is 20.8. The lowest BCUT2D eigenvalue weighted by Gasteiger charge is -2.07. The van der Waals surface area contributed by atoms with E-state index in [1.807, 2.05) is 6.92 Å². The van der Waals surface area contributed by atoms with E-state index in [1.54, 1.807) is 11.8 Å². The SMILES string of the molecule is CC1SCNC1C(=O)C=O. The zero-order valence-corrected chi connectivity index (χ0v) is 6.48. The molecule has 1 saturated heterocycles. The average Bonchev–Trinajstić information content (AvgIpc) is 2.34. The molecule has 0 saturated carbocycles. The van der Waals surface area contributed by atoms with Gasteiger partial charge in [-0.25, -0.2) is 0 Å². The highest BCUT2D eigenvalue weighted by Gasteiger charge is 2.28. The maximum atomic E-state index is 10.8. The minimum Gasteiger partial charge on any atom is -0.297 e. The quantitative estimate of drug-likeness (QED) is 0.448. The van der Waals surface area contributed by atoms with Crippen molar-refractivity contribution in [3.63, 3.8) is 0 Å². The first-order valence-corrected chi connectivity index (χ1v) is 4.14. The van der Waals surface area contributed by atoms with Crippen molar-refractivity contribution in [1.82, 2.24) is 5.32 Å². The minimum absolute atomic E-state index is 0.234. The Morgan fingerprint density at radius 1 is 1.80 bits per heavy atom. The molecular weight excluding hydrogens is 150 g/mol. The van der Waals surface area contributed by atoms with E-state index in [0.717, 1.165) is 5.88 Å². The summed E-state index contributed by atoms with van der Waals surface area (Å²) in [6, 6.07) is -0.248. The molecule has 0 amide bonds. The van der Waals surface area contributed by atoms with Gasteiger partial charge in [-0.2, -0.15) is 0 Å². The first-order chi connectivity index (χ1) is 4.75. The fraction of sp³-hybridized carbons (Fsp3) is 0.667. The topological polar surface area (TPSA) is 46.2 Å². The van der Waals surface area contributed by atoms with Gasteiger partial charge in [0.15, 0.2) is 6.29 Å². The predicted molar refractivity (Wildman–Crippen MR) is 39.9 cm³/mol. The van der Waals surface area contributed by atoms with Gasteiger partial charge in [-0.15, -0.1) is 11.8 Å². The van der Waals surface area contributed by atoms with Gasteiger partial charge < -0.3 is 0 Å². The van der Waals surface area contributed by atoms with E-state index in [-0.39, 0.29) is 17.1 Å². The van der Waals surface area contributed by atoms with Crippen molar-refractivity contribution in [1.29, 1.82) is 0 Å². The molecule has 0 radical (unpaired) electrons. The lowest BCUT2D eigenvalue weighted by molar-refractivity contribution is -0.131. The van der Waals surface area contributed by atoms with Crippen LogP contribution in [0.1, 0.15) is 6.92 Å². The van der Waals surface area contributed by atoms with Gasteiger partial charge in [-0.3, -0.25) is 14.9 Å². The van der Waals surface area contributed by atoms with Gasteiger partial charge in [-0.1, -0.05) is 6.92 Å². The normalized spacial score (nSPS) is 32.1. The molecule has 56 valence electrons. The Morgan fingerprint density at radius 3 is 2.90 bits per heavy atom. The molecule has 4 heteroatoms. The standard InChI is InChI=1S/C6H9NO2S/c1-4-6(5(9)2-8)7-3-10-4/h2,4,6-7H,3H2,1H3. The Balaban J connectivity index is 2.54. The summed E-state index contributed by atoms with van der Waals surface area (Å²) in [5, 5.41) is 3.17. The predicted octanol–water partition coefficient (Wildman–Crippen LogP) is -0.195. The number of ketones is 1. The molecule has 0 bridgehead atoms. The number of hydrogen-bond donors (Lipinski definition) is 1. The lowest BCUT2D eigenvalue weighted by atomic mass is 10.1. The Kier molecular flexibility index (Phi) is 2.45. The number of aldehydes is 1. The van der Waals surface area contributed by atoms with E-state index >= 15 is 0 Å². The Hall–Kier alpha value is -0.350. The average molecular weight is 159 g/mol. The van der Waals surface area contributed by atoms with Crippen LogP contribution in [-0.4, -0.2) is 29.2 Å². The van der Waals surface area contributed by atoms with Gasteiger partial charge in [0.05, 0.1) is 6.04 Å². The second-order valence-corrected chi connectivity index (χ2v) is 3.58. The second kappa shape index (κ2) is 3.16. The van der Waals surface area contributed by atoms with Crippen LogP contribution in [0, 0.1) is 0 Å². The molecule has 0 spiro atoms.